The van der Waals surface area contributed by atoms with Crippen molar-refractivity contribution in [3.63, 3.8) is 0 Å². The molecule has 0 spiro atoms. The maximum absolute atomic E-state index is 12.5. The van der Waals surface area contributed by atoms with Crippen LogP contribution in [0.5, 0.6) is 0 Å². The Hall–Kier alpha value is -3.11. The van der Waals surface area contributed by atoms with Gasteiger partial charge in [0.15, 0.2) is 0 Å². The number of hydrogen-bond donors (Lipinski definition) is 1. The van der Waals surface area contributed by atoms with E-state index in [1.54, 1.807) is 24.3 Å². The van der Waals surface area contributed by atoms with Gasteiger partial charge in [-0.15, -0.1) is 0 Å². The minimum Gasteiger partial charge on any atom is -0.467 e. The molecule has 0 saturated carbocycles. The summed E-state index contributed by atoms with van der Waals surface area (Å²) in [5.74, 6) is -0.845. The molecule has 0 aliphatic heterocycles. The number of ether oxygens (including phenoxy) is 1. The number of halogens is 1. The zero-order valence-corrected chi connectivity index (χ0v) is 16.1. The van der Waals surface area contributed by atoms with Gasteiger partial charge in [-0.1, -0.05) is 66.2 Å². The molecule has 0 aliphatic carbocycles. The van der Waals surface area contributed by atoms with Crippen molar-refractivity contribution in [2.45, 2.75) is 12.5 Å². The van der Waals surface area contributed by atoms with Gasteiger partial charge in [0.2, 0.25) is 0 Å². The first kappa shape index (κ1) is 19.6. The van der Waals surface area contributed by atoms with Crippen molar-refractivity contribution in [1.82, 2.24) is 5.32 Å². The van der Waals surface area contributed by atoms with Gasteiger partial charge in [-0.2, -0.15) is 0 Å². The van der Waals surface area contributed by atoms with Gasteiger partial charge in [0.25, 0.3) is 5.91 Å². The van der Waals surface area contributed by atoms with Gasteiger partial charge in [-0.25, -0.2) is 4.79 Å². The van der Waals surface area contributed by atoms with E-state index < -0.39 is 12.0 Å². The second-order valence-corrected chi connectivity index (χ2v) is 6.76. The molecule has 4 nitrogen and oxygen atoms in total. The molecular formula is C23H20ClNO3. The summed E-state index contributed by atoms with van der Waals surface area (Å²) in [6, 6.07) is 23.6. The van der Waals surface area contributed by atoms with E-state index >= 15 is 0 Å². The number of esters is 1. The number of carbonyl (C=O) groups excluding carboxylic acids is 2. The van der Waals surface area contributed by atoms with Crippen molar-refractivity contribution in [3.05, 3.63) is 95.0 Å². The van der Waals surface area contributed by atoms with Crippen molar-refractivity contribution in [2.24, 2.45) is 0 Å². The largest absolute Gasteiger partial charge is 0.467 e. The van der Waals surface area contributed by atoms with Crippen molar-refractivity contribution in [3.8, 4) is 11.1 Å². The van der Waals surface area contributed by atoms with Gasteiger partial charge in [-0.05, 0) is 41.0 Å². The van der Waals surface area contributed by atoms with Crippen molar-refractivity contribution in [1.29, 1.82) is 0 Å². The predicted molar refractivity (Wildman–Crippen MR) is 110 cm³/mol. The van der Waals surface area contributed by atoms with Gasteiger partial charge in [0, 0.05) is 17.0 Å². The fraction of sp³-hybridized carbons (Fsp3) is 0.130. The number of nitrogens with one attached hydrogen (secondary N) is 1. The molecule has 1 N–H and O–H groups in total. The van der Waals surface area contributed by atoms with E-state index in [0.717, 1.165) is 16.7 Å². The highest BCUT2D eigenvalue weighted by Crippen LogP contribution is 2.20. The third-order valence-electron chi connectivity index (χ3n) is 4.40. The van der Waals surface area contributed by atoms with Crippen molar-refractivity contribution in [2.75, 3.05) is 7.11 Å². The number of amides is 1. The van der Waals surface area contributed by atoms with Crippen LogP contribution in [-0.2, 0) is 16.0 Å². The standard InChI is InChI=1S/C23H20ClNO3/c1-28-23(27)21(25-22(26)19-11-13-20(24)14-12-19)15-16-7-9-18(10-8-16)17-5-3-2-4-6-17/h2-14,21H,15H2,1H3,(H,25,26)/t21-/m0/s1. The smallest absolute Gasteiger partial charge is 0.328 e. The lowest BCUT2D eigenvalue weighted by Gasteiger charge is -2.17. The number of rotatable bonds is 6. The minimum absolute atomic E-state index is 0.334. The van der Waals surface area contributed by atoms with Gasteiger partial charge >= 0.3 is 5.97 Å². The summed E-state index contributed by atoms with van der Waals surface area (Å²) in [7, 11) is 1.31. The maximum atomic E-state index is 12.5. The predicted octanol–water partition coefficient (Wildman–Crippen LogP) is 4.52. The molecule has 0 bridgehead atoms. The SMILES string of the molecule is COC(=O)[C@H](Cc1ccc(-c2ccccc2)cc1)NC(=O)c1ccc(Cl)cc1. The molecule has 28 heavy (non-hydrogen) atoms. The van der Waals surface area contributed by atoms with Crippen LogP contribution in [0, 0.1) is 0 Å². The van der Waals surface area contributed by atoms with Crippen LogP contribution in [0.2, 0.25) is 5.02 Å². The first-order valence-electron chi connectivity index (χ1n) is 8.85. The maximum Gasteiger partial charge on any atom is 0.328 e. The van der Waals surface area contributed by atoms with E-state index in [1.165, 1.54) is 7.11 Å². The normalized spacial score (nSPS) is 11.5. The monoisotopic (exact) mass is 393 g/mol. The molecule has 0 aromatic heterocycles. The molecule has 0 unspecified atom stereocenters. The van der Waals surface area contributed by atoms with Gasteiger partial charge in [0.05, 0.1) is 7.11 Å². The molecule has 3 aromatic rings. The fourth-order valence-electron chi connectivity index (χ4n) is 2.88. The number of hydrogen-bond acceptors (Lipinski definition) is 3. The molecule has 3 rings (SSSR count). The number of carbonyl (C=O) groups is 2. The van der Waals surface area contributed by atoms with Gasteiger partial charge < -0.3 is 10.1 Å². The first-order valence-corrected chi connectivity index (χ1v) is 9.23. The zero-order chi connectivity index (χ0) is 19.9. The Balaban J connectivity index is 1.72. The minimum atomic E-state index is -0.782. The topological polar surface area (TPSA) is 55.4 Å². The molecule has 0 radical (unpaired) electrons. The van der Waals surface area contributed by atoms with Crippen LogP contribution in [0.15, 0.2) is 78.9 Å². The Morgan fingerprint density at radius 1 is 0.893 bits per heavy atom. The summed E-state index contributed by atoms with van der Waals surface area (Å²) >= 11 is 5.85. The molecule has 142 valence electrons. The summed E-state index contributed by atoms with van der Waals surface area (Å²) in [6.07, 6.45) is 0.334. The molecule has 1 amide bonds. The Morgan fingerprint density at radius 3 is 2.11 bits per heavy atom. The van der Waals surface area contributed by atoms with Crippen molar-refractivity contribution < 1.29 is 14.3 Å². The summed E-state index contributed by atoms with van der Waals surface area (Å²) in [5.41, 5.74) is 3.56. The molecule has 0 aliphatic rings. The molecule has 0 saturated heterocycles. The lowest BCUT2D eigenvalue weighted by Crippen LogP contribution is -2.43. The van der Waals surface area contributed by atoms with Crippen LogP contribution in [0.4, 0.5) is 0 Å². The molecule has 3 aromatic carbocycles. The Kier molecular flexibility index (Phi) is 6.45. The van der Waals surface area contributed by atoms with Crippen LogP contribution in [0.1, 0.15) is 15.9 Å². The highest BCUT2D eigenvalue weighted by molar-refractivity contribution is 6.30. The Labute approximate surface area is 169 Å². The van der Waals surface area contributed by atoms with Crippen LogP contribution in [0.3, 0.4) is 0 Å². The van der Waals surface area contributed by atoms with E-state index in [9.17, 15) is 9.59 Å². The molecule has 1 atom stereocenters. The first-order chi connectivity index (χ1) is 13.6. The van der Waals surface area contributed by atoms with E-state index in [-0.39, 0.29) is 5.91 Å². The van der Waals surface area contributed by atoms with E-state index in [2.05, 4.69) is 5.32 Å². The summed E-state index contributed by atoms with van der Waals surface area (Å²) in [5, 5.41) is 3.28. The number of benzene rings is 3. The van der Waals surface area contributed by atoms with Crippen molar-refractivity contribution >= 4 is 23.5 Å². The summed E-state index contributed by atoms with van der Waals surface area (Å²) in [4.78, 5) is 24.6. The average Bonchev–Trinajstić information content (AvgIpc) is 2.74. The van der Waals surface area contributed by atoms with Gasteiger partial charge in [0.1, 0.15) is 6.04 Å². The quantitative estimate of drug-likeness (QED) is 0.626. The highest BCUT2D eigenvalue weighted by Gasteiger charge is 2.22. The van der Waals surface area contributed by atoms with E-state index in [4.69, 9.17) is 16.3 Å². The third-order valence-corrected chi connectivity index (χ3v) is 4.65. The summed E-state index contributed by atoms with van der Waals surface area (Å²) < 4.78 is 4.86. The van der Waals surface area contributed by atoms with Gasteiger partial charge in [-0.3, -0.25) is 4.79 Å². The molecule has 5 heteroatoms. The highest BCUT2D eigenvalue weighted by atomic mass is 35.5. The van der Waals surface area contributed by atoms with Crippen LogP contribution in [0.25, 0.3) is 11.1 Å². The van der Waals surface area contributed by atoms with Crippen LogP contribution >= 0.6 is 11.6 Å². The second kappa shape index (κ2) is 9.20. The van der Waals surface area contributed by atoms with E-state index in [1.807, 2.05) is 54.6 Å². The van der Waals surface area contributed by atoms with Crippen LogP contribution < -0.4 is 5.32 Å². The fourth-order valence-corrected chi connectivity index (χ4v) is 3.00. The van der Waals surface area contributed by atoms with Crippen LogP contribution in [-0.4, -0.2) is 25.0 Å². The molecule has 0 heterocycles. The lowest BCUT2D eigenvalue weighted by molar-refractivity contribution is -0.142. The zero-order valence-electron chi connectivity index (χ0n) is 15.4. The third kappa shape index (κ3) is 4.99. The average molecular weight is 394 g/mol. The molecular weight excluding hydrogens is 374 g/mol. The molecule has 0 fully saturated rings. The second-order valence-electron chi connectivity index (χ2n) is 6.32. The van der Waals surface area contributed by atoms with E-state index in [0.29, 0.717) is 17.0 Å². The number of methoxy groups -OCH3 is 1. The Bertz CT molecular complexity index is 938. The Morgan fingerprint density at radius 2 is 1.50 bits per heavy atom. The summed E-state index contributed by atoms with van der Waals surface area (Å²) in [6.45, 7) is 0. The lowest BCUT2D eigenvalue weighted by atomic mass is 10.0.